The average Bonchev–Trinajstić information content (AvgIpc) is 2.09. The Balaban J connectivity index is 2.85. The molecule has 0 fully saturated rings. The second-order valence-electron chi connectivity index (χ2n) is 3.83. The van der Waals surface area contributed by atoms with E-state index in [0.29, 0.717) is 6.42 Å². The molecule has 0 aliphatic carbocycles. The number of benzene rings is 1. The van der Waals surface area contributed by atoms with Crippen molar-refractivity contribution >= 4 is 43.5 Å². The summed E-state index contributed by atoms with van der Waals surface area (Å²) in [7, 11) is 0. The monoisotopic (exact) mass is 348 g/mol. The van der Waals surface area contributed by atoms with E-state index in [0.717, 1.165) is 20.2 Å². The number of halogens is 2. The standard InChI is InChI=1S/C11H14Br2N2O/c1-6-3-8(12)11(9(13)4-6)15-10(16)5-7(2)14/h3-4,7H,5,14H2,1-2H3,(H,15,16). The van der Waals surface area contributed by atoms with Gasteiger partial charge in [0.2, 0.25) is 5.91 Å². The molecule has 1 rings (SSSR count). The van der Waals surface area contributed by atoms with Gasteiger partial charge in [0, 0.05) is 21.4 Å². The van der Waals surface area contributed by atoms with Gasteiger partial charge in [-0.2, -0.15) is 0 Å². The minimum Gasteiger partial charge on any atom is -0.327 e. The molecule has 1 aromatic rings. The summed E-state index contributed by atoms with van der Waals surface area (Å²) in [5, 5.41) is 2.82. The molecule has 3 nitrogen and oxygen atoms in total. The zero-order chi connectivity index (χ0) is 12.3. The van der Waals surface area contributed by atoms with E-state index in [4.69, 9.17) is 5.73 Å². The molecule has 0 radical (unpaired) electrons. The highest BCUT2D eigenvalue weighted by molar-refractivity contribution is 9.11. The first-order valence-electron chi connectivity index (χ1n) is 4.91. The molecule has 0 saturated heterocycles. The highest BCUT2D eigenvalue weighted by atomic mass is 79.9. The highest BCUT2D eigenvalue weighted by Gasteiger charge is 2.11. The first-order chi connectivity index (χ1) is 7.40. The van der Waals surface area contributed by atoms with Crippen molar-refractivity contribution in [2.24, 2.45) is 5.73 Å². The van der Waals surface area contributed by atoms with Gasteiger partial charge in [0.1, 0.15) is 0 Å². The molecule has 1 amide bonds. The largest absolute Gasteiger partial charge is 0.327 e. The Hall–Kier alpha value is -0.390. The number of carbonyl (C=O) groups is 1. The molecule has 0 aliphatic rings. The van der Waals surface area contributed by atoms with Crippen LogP contribution in [0.3, 0.4) is 0 Å². The van der Waals surface area contributed by atoms with E-state index >= 15 is 0 Å². The fourth-order valence-electron chi connectivity index (χ4n) is 1.30. The predicted octanol–water partition coefficient (Wildman–Crippen LogP) is 3.20. The molecule has 5 heteroatoms. The lowest BCUT2D eigenvalue weighted by Crippen LogP contribution is -2.24. The molecule has 0 heterocycles. The van der Waals surface area contributed by atoms with Gasteiger partial charge < -0.3 is 11.1 Å². The Labute approximate surface area is 112 Å². The molecule has 16 heavy (non-hydrogen) atoms. The lowest BCUT2D eigenvalue weighted by Gasteiger charge is -2.11. The predicted molar refractivity (Wildman–Crippen MR) is 73.5 cm³/mol. The molecule has 0 aromatic heterocycles. The van der Waals surface area contributed by atoms with Crippen molar-refractivity contribution in [1.82, 2.24) is 0 Å². The van der Waals surface area contributed by atoms with Gasteiger partial charge in [-0.05, 0) is 63.4 Å². The number of nitrogens with two attached hydrogens (primary N) is 1. The van der Waals surface area contributed by atoms with Gasteiger partial charge in [-0.3, -0.25) is 4.79 Å². The maximum Gasteiger partial charge on any atom is 0.225 e. The molecule has 1 atom stereocenters. The van der Waals surface area contributed by atoms with Gasteiger partial charge in [0.05, 0.1) is 5.69 Å². The number of rotatable bonds is 3. The van der Waals surface area contributed by atoms with Crippen LogP contribution in [0.2, 0.25) is 0 Å². The quantitative estimate of drug-likeness (QED) is 0.880. The number of hydrogen-bond acceptors (Lipinski definition) is 2. The van der Waals surface area contributed by atoms with E-state index in [1.807, 2.05) is 19.1 Å². The summed E-state index contributed by atoms with van der Waals surface area (Å²) in [5.74, 6) is -0.0831. The molecule has 0 spiro atoms. The van der Waals surface area contributed by atoms with E-state index in [1.165, 1.54) is 0 Å². The Morgan fingerprint density at radius 1 is 1.44 bits per heavy atom. The van der Waals surface area contributed by atoms with E-state index in [2.05, 4.69) is 37.2 Å². The van der Waals surface area contributed by atoms with Gasteiger partial charge in [0.15, 0.2) is 0 Å². The van der Waals surface area contributed by atoms with Crippen LogP contribution in [0.1, 0.15) is 18.9 Å². The Bertz CT molecular complexity index is 382. The molecule has 1 unspecified atom stereocenters. The SMILES string of the molecule is Cc1cc(Br)c(NC(=O)CC(C)N)c(Br)c1. The summed E-state index contributed by atoms with van der Waals surface area (Å²) in [5.41, 5.74) is 7.42. The lowest BCUT2D eigenvalue weighted by molar-refractivity contribution is -0.116. The van der Waals surface area contributed by atoms with E-state index < -0.39 is 0 Å². The normalized spacial score (nSPS) is 12.3. The third-order valence-electron chi connectivity index (χ3n) is 1.96. The van der Waals surface area contributed by atoms with E-state index in [9.17, 15) is 4.79 Å². The fraction of sp³-hybridized carbons (Fsp3) is 0.364. The van der Waals surface area contributed by atoms with Crippen LogP contribution in [0.15, 0.2) is 21.1 Å². The number of carbonyl (C=O) groups excluding carboxylic acids is 1. The van der Waals surface area contributed by atoms with Gasteiger partial charge in [-0.25, -0.2) is 0 Å². The Kier molecular flexibility index (Phi) is 4.95. The summed E-state index contributed by atoms with van der Waals surface area (Å²) in [6.07, 6.45) is 0.312. The molecule has 1 aromatic carbocycles. The van der Waals surface area contributed by atoms with Crippen LogP contribution in [0.4, 0.5) is 5.69 Å². The smallest absolute Gasteiger partial charge is 0.225 e. The first kappa shape index (κ1) is 13.7. The van der Waals surface area contributed by atoms with Crippen molar-refractivity contribution in [3.8, 4) is 0 Å². The van der Waals surface area contributed by atoms with Gasteiger partial charge in [-0.1, -0.05) is 0 Å². The minimum atomic E-state index is -0.136. The third kappa shape index (κ3) is 3.88. The van der Waals surface area contributed by atoms with Crippen molar-refractivity contribution in [3.63, 3.8) is 0 Å². The maximum absolute atomic E-state index is 11.6. The van der Waals surface area contributed by atoms with Crippen LogP contribution in [0.5, 0.6) is 0 Å². The summed E-state index contributed by atoms with van der Waals surface area (Å²) >= 11 is 6.83. The number of anilines is 1. The summed E-state index contributed by atoms with van der Waals surface area (Å²) in [6, 6.07) is 3.77. The van der Waals surface area contributed by atoms with Crippen LogP contribution in [-0.2, 0) is 4.79 Å². The number of aryl methyl sites for hydroxylation is 1. The Morgan fingerprint density at radius 2 is 1.94 bits per heavy atom. The molecule has 88 valence electrons. The zero-order valence-corrected chi connectivity index (χ0v) is 12.4. The fourth-order valence-corrected chi connectivity index (χ4v) is 2.92. The molecular formula is C11H14Br2N2O. The molecular weight excluding hydrogens is 336 g/mol. The van der Waals surface area contributed by atoms with E-state index in [1.54, 1.807) is 6.92 Å². The van der Waals surface area contributed by atoms with Crippen LogP contribution in [0.25, 0.3) is 0 Å². The molecule has 3 N–H and O–H groups in total. The molecule has 0 bridgehead atoms. The van der Waals surface area contributed by atoms with Crippen molar-refractivity contribution in [2.45, 2.75) is 26.3 Å². The second-order valence-corrected chi connectivity index (χ2v) is 5.54. The van der Waals surface area contributed by atoms with Gasteiger partial charge in [0.25, 0.3) is 0 Å². The van der Waals surface area contributed by atoms with Crippen molar-refractivity contribution in [3.05, 3.63) is 26.6 Å². The van der Waals surface area contributed by atoms with Crippen molar-refractivity contribution in [1.29, 1.82) is 0 Å². The van der Waals surface area contributed by atoms with Gasteiger partial charge in [-0.15, -0.1) is 0 Å². The lowest BCUT2D eigenvalue weighted by atomic mass is 10.2. The van der Waals surface area contributed by atoms with Gasteiger partial charge >= 0.3 is 0 Å². The average molecular weight is 350 g/mol. The summed E-state index contributed by atoms with van der Waals surface area (Å²) < 4.78 is 1.72. The maximum atomic E-state index is 11.6. The van der Waals surface area contributed by atoms with Crippen LogP contribution < -0.4 is 11.1 Å². The highest BCUT2D eigenvalue weighted by Crippen LogP contribution is 2.32. The summed E-state index contributed by atoms with van der Waals surface area (Å²) in [6.45, 7) is 3.79. The number of nitrogens with one attached hydrogen (secondary N) is 1. The molecule has 0 aliphatic heterocycles. The van der Waals surface area contributed by atoms with E-state index in [-0.39, 0.29) is 11.9 Å². The summed E-state index contributed by atoms with van der Waals surface area (Å²) in [4.78, 5) is 11.6. The molecule has 0 saturated carbocycles. The van der Waals surface area contributed by atoms with Crippen LogP contribution in [-0.4, -0.2) is 11.9 Å². The first-order valence-corrected chi connectivity index (χ1v) is 6.50. The van der Waals surface area contributed by atoms with Crippen molar-refractivity contribution < 1.29 is 4.79 Å². The number of amides is 1. The number of hydrogen-bond donors (Lipinski definition) is 2. The van der Waals surface area contributed by atoms with Crippen LogP contribution in [0, 0.1) is 6.92 Å². The Morgan fingerprint density at radius 3 is 2.38 bits per heavy atom. The topological polar surface area (TPSA) is 55.1 Å². The second kappa shape index (κ2) is 5.80. The van der Waals surface area contributed by atoms with Crippen molar-refractivity contribution in [2.75, 3.05) is 5.32 Å². The van der Waals surface area contributed by atoms with Crippen LogP contribution >= 0.6 is 31.9 Å². The zero-order valence-electron chi connectivity index (χ0n) is 9.18. The minimum absolute atomic E-state index is 0.0831. The third-order valence-corrected chi connectivity index (χ3v) is 3.21.